The fourth-order valence-electron chi connectivity index (χ4n) is 2.80. The number of halogens is 1. The molecule has 0 saturated carbocycles. The highest BCUT2D eigenvalue weighted by molar-refractivity contribution is 9.10. The van der Waals surface area contributed by atoms with Crippen LogP contribution in [0.2, 0.25) is 0 Å². The molecule has 21 heavy (non-hydrogen) atoms. The summed E-state index contributed by atoms with van der Waals surface area (Å²) in [5.41, 5.74) is 0.959. The van der Waals surface area contributed by atoms with E-state index in [4.69, 9.17) is 4.74 Å². The zero-order valence-corrected chi connectivity index (χ0v) is 14.4. The zero-order chi connectivity index (χ0) is 15.2. The van der Waals surface area contributed by atoms with E-state index >= 15 is 0 Å². The SMILES string of the molecule is CCC(NC(C)CN1CCOCC1)c1cc(Br)ccc1O. The first-order valence-corrected chi connectivity index (χ1v) is 8.44. The highest BCUT2D eigenvalue weighted by Crippen LogP contribution is 2.29. The van der Waals surface area contributed by atoms with Crippen molar-refractivity contribution in [3.63, 3.8) is 0 Å². The summed E-state index contributed by atoms with van der Waals surface area (Å²) in [7, 11) is 0. The molecular weight excluding hydrogens is 332 g/mol. The summed E-state index contributed by atoms with van der Waals surface area (Å²) < 4.78 is 6.38. The summed E-state index contributed by atoms with van der Waals surface area (Å²) in [5.74, 6) is 0.358. The van der Waals surface area contributed by atoms with Gasteiger partial charge in [-0.05, 0) is 31.5 Å². The number of benzene rings is 1. The van der Waals surface area contributed by atoms with Crippen LogP contribution in [0, 0.1) is 0 Å². The van der Waals surface area contributed by atoms with Crippen molar-refractivity contribution in [1.82, 2.24) is 10.2 Å². The quantitative estimate of drug-likeness (QED) is 0.822. The van der Waals surface area contributed by atoms with Crippen LogP contribution in [0.3, 0.4) is 0 Å². The van der Waals surface area contributed by atoms with Crippen LogP contribution in [0.15, 0.2) is 22.7 Å². The normalized spacial score (nSPS) is 19.4. The fourth-order valence-corrected chi connectivity index (χ4v) is 3.18. The van der Waals surface area contributed by atoms with Crippen LogP contribution in [-0.2, 0) is 4.74 Å². The lowest BCUT2D eigenvalue weighted by Gasteiger charge is -2.31. The molecule has 5 heteroatoms. The van der Waals surface area contributed by atoms with Crippen LogP contribution in [0.5, 0.6) is 5.75 Å². The van der Waals surface area contributed by atoms with Gasteiger partial charge in [-0.2, -0.15) is 0 Å². The molecule has 2 N–H and O–H groups in total. The van der Waals surface area contributed by atoms with Gasteiger partial charge in [0, 0.05) is 41.8 Å². The Morgan fingerprint density at radius 3 is 2.76 bits per heavy atom. The highest BCUT2D eigenvalue weighted by atomic mass is 79.9. The molecule has 1 aliphatic heterocycles. The molecule has 2 rings (SSSR count). The van der Waals surface area contributed by atoms with Gasteiger partial charge in [0.15, 0.2) is 0 Å². The number of hydrogen-bond donors (Lipinski definition) is 2. The molecule has 1 aromatic rings. The second-order valence-electron chi connectivity index (χ2n) is 5.64. The van der Waals surface area contributed by atoms with Gasteiger partial charge in [0.25, 0.3) is 0 Å². The molecular formula is C16H25BrN2O2. The van der Waals surface area contributed by atoms with Crippen LogP contribution in [0.25, 0.3) is 0 Å². The summed E-state index contributed by atoms with van der Waals surface area (Å²) >= 11 is 3.48. The number of aromatic hydroxyl groups is 1. The molecule has 1 saturated heterocycles. The zero-order valence-electron chi connectivity index (χ0n) is 12.8. The Bertz CT molecular complexity index is 450. The Morgan fingerprint density at radius 1 is 1.38 bits per heavy atom. The van der Waals surface area contributed by atoms with Gasteiger partial charge < -0.3 is 15.2 Å². The Labute approximate surface area is 135 Å². The average Bonchev–Trinajstić information content (AvgIpc) is 2.48. The lowest BCUT2D eigenvalue weighted by molar-refractivity contribution is 0.0338. The highest BCUT2D eigenvalue weighted by Gasteiger charge is 2.19. The number of phenolic OH excluding ortho intramolecular Hbond substituents is 1. The van der Waals surface area contributed by atoms with Gasteiger partial charge in [0.05, 0.1) is 13.2 Å². The van der Waals surface area contributed by atoms with Crippen LogP contribution < -0.4 is 5.32 Å². The number of hydrogen-bond acceptors (Lipinski definition) is 4. The molecule has 1 heterocycles. The number of morpholine rings is 1. The van der Waals surface area contributed by atoms with Crippen molar-refractivity contribution in [3.05, 3.63) is 28.2 Å². The maximum atomic E-state index is 10.1. The Morgan fingerprint density at radius 2 is 2.10 bits per heavy atom. The molecule has 0 aliphatic carbocycles. The molecule has 0 bridgehead atoms. The van der Waals surface area contributed by atoms with E-state index < -0.39 is 0 Å². The van der Waals surface area contributed by atoms with E-state index in [0.717, 1.165) is 49.3 Å². The van der Waals surface area contributed by atoms with Gasteiger partial charge in [0.1, 0.15) is 5.75 Å². The lowest BCUT2D eigenvalue weighted by Crippen LogP contribution is -2.45. The molecule has 0 amide bonds. The molecule has 0 radical (unpaired) electrons. The van der Waals surface area contributed by atoms with Gasteiger partial charge in [-0.1, -0.05) is 22.9 Å². The van der Waals surface area contributed by atoms with Gasteiger partial charge >= 0.3 is 0 Å². The van der Waals surface area contributed by atoms with E-state index in [0.29, 0.717) is 11.8 Å². The average molecular weight is 357 g/mol. The topological polar surface area (TPSA) is 44.7 Å². The van der Waals surface area contributed by atoms with E-state index in [2.05, 4.69) is 40.0 Å². The van der Waals surface area contributed by atoms with Crippen molar-refractivity contribution in [2.75, 3.05) is 32.8 Å². The molecule has 118 valence electrons. The minimum atomic E-state index is 0.165. The van der Waals surface area contributed by atoms with E-state index in [1.165, 1.54) is 0 Å². The molecule has 1 aromatic carbocycles. The third-order valence-electron chi connectivity index (χ3n) is 3.89. The van der Waals surface area contributed by atoms with E-state index in [-0.39, 0.29) is 6.04 Å². The minimum Gasteiger partial charge on any atom is -0.508 e. The maximum Gasteiger partial charge on any atom is 0.120 e. The first-order valence-electron chi connectivity index (χ1n) is 7.64. The number of nitrogens with zero attached hydrogens (tertiary/aromatic N) is 1. The van der Waals surface area contributed by atoms with Crippen molar-refractivity contribution >= 4 is 15.9 Å². The molecule has 0 aromatic heterocycles. The molecule has 1 fully saturated rings. The fraction of sp³-hybridized carbons (Fsp3) is 0.625. The predicted octanol–water partition coefficient (Wildman–Crippen LogP) is 2.92. The van der Waals surface area contributed by atoms with Crippen molar-refractivity contribution < 1.29 is 9.84 Å². The summed E-state index contributed by atoms with van der Waals surface area (Å²) in [6.45, 7) is 9.02. The van der Waals surface area contributed by atoms with Crippen LogP contribution in [0.4, 0.5) is 0 Å². The number of phenols is 1. The third kappa shape index (κ3) is 4.95. The number of nitrogens with one attached hydrogen (secondary N) is 1. The lowest BCUT2D eigenvalue weighted by atomic mass is 10.0. The molecule has 2 atom stereocenters. The summed E-state index contributed by atoms with van der Waals surface area (Å²) in [6, 6.07) is 6.14. The Kier molecular flexibility index (Phi) is 6.48. The predicted molar refractivity (Wildman–Crippen MR) is 88.7 cm³/mol. The molecule has 4 nitrogen and oxygen atoms in total. The molecule has 0 spiro atoms. The first kappa shape index (κ1) is 16.7. The summed E-state index contributed by atoms with van der Waals surface area (Å²) in [5, 5.41) is 13.7. The Hall–Kier alpha value is -0.620. The van der Waals surface area contributed by atoms with Gasteiger partial charge in [-0.25, -0.2) is 0 Å². The summed E-state index contributed by atoms with van der Waals surface area (Å²) in [6.07, 6.45) is 0.942. The van der Waals surface area contributed by atoms with Gasteiger partial charge in [0.2, 0.25) is 0 Å². The van der Waals surface area contributed by atoms with Crippen molar-refractivity contribution in [1.29, 1.82) is 0 Å². The van der Waals surface area contributed by atoms with Crippen LogP contribution >= 0.6 is 15.9 Å². The number of ether oxygens (including phenoxy) is 1. The van der Waals surface area contributed by atoms with Crippen molar-refractivity contribution in [2.45, 2.75) is 32.4 Å². The standard InChI is InChI=1S/C16H25BrN2O2/c1-3-15(14-10-13(17)4-5-16(14)20)18-12(2)11-19-6-8-21-9-7-19/h4-5,10,12,15,18,20H,3,6-9,11H2,1-2H3. The first-order chi connectivity index (χ1) is 10.1. The van der Waals surface area contributed by atoms with Crippen molar-refractivity contribution in [3.8, 4) is 5.75 Å². The van der Waals surface area contributed by atoms with Crippen LogP contribution in [0.1, 0.15) is 31.9 Å². The smallest absolute Gasteiger partial charge is 0.120 e. The van der Waals surface area contributed by atoms with Gasteiger partial charge in [-0.3, -0.25) is 4.90 Å². The molecule has 1 aliphatic rings. The monoisotopic (exact) mass is 356 g/mol. The largest absolute Gasteiger partial charge is 0.508 e. The van der Waals surface area contributed by atoms with E-state index in [1.807, 2.05) is 12.1 Å². The maximum absolute atomic E-state index is 10.1. The molecule has 2 unspecified atom stereocenters. The second kappa shape index (κ2) is 8.13. The van der Waals surface area contributed by atoms with Crippen LogP contribution in [-0.4, -0.2) is 48.9 Å². The third-order valence-corrected chi connectivity index (χ3v) is 4.39. The number of rotatable bonds is 6. The Balaban J connectivity index is 1.96. The van der Waals surface area contributed by atoms with Gasteiger partial charge in [-0.15, -0.1) is 0 Å². The minimum absolute atomic E-state index is 0.165. The van der Waals surface area contributed by atoms with E-state index in [1.54, 1.807) is 6.07 Å². The van der Waals surface area contributed by atoms with E-state index in [9.17, 15) is 5.11 Å². The second-order valence-corrected chi connectivity index (χ2v) is 6.56. The summed E-state index contributed by atoms with van der Waals surface area (Å²) in [4.78, 5) is 2.43. The van der Waals surface area contributed by atoms with Crippen molar-refractivity contribution in [2.24, 2.45) is 0 Å².